The predicted octanol–water partition coefficient (Wildman–Crippen LogP) is 5.86. The molecule has 134 valence electrons. The van der Waals surface area contributed by atoms with Gasteiger partial charge in [-0.2, -0.15) is 5.10 Å². The Morgan fingerprint density at radius 2 is 1.26 bits per heavy atom. The van der Waals surface area contributed by atoms with Crippen LogP contribution in [0.25, 0.3) is 0 Å². The molecule has 0 amide bonds. The summed E-state index contributed by atoms with van der Waals surface area (Å²) in [6.07, 6.45) is 20.5. The summed E-state index contributed by atoms with van der Waals surface area (Å²) in [5, 5.41) is 4.37. The molecule has 0 unspecified atom stereocenters. The summed E-state index contributed by atoms with van der Waals surface area (Å²) >= 11 is 0. The molecule has 0 aliphatic carbocycles. The van der Waals surface area contributed by atoms with Gasteiger partial charge >= 0.3 is 0 Å². The van der Waals surface area contributed by atoms with Crippen molar-refractivity contribution in [1.82, 2.24) is 14.7 Å². The van der Waals surface area contributed by atoms with E-state index in [4.69, 9.17) is 0 Å². The molecule has 0 N–H and O–H groups in total. The van der Waals surface area contributed by atoms with Crippen LogP contribution >= 0.6 is 0 Å². The zero-order valence-corrected chi connectivity index (χ0v) is 15.7. The first-order chi connectivity index (χ1) is 11.4. The lowest BCUT2D eigenvalue weighted by atomic mass is 10.1. The molecule has 23 heavy (non-hydrogen) atoms. The molecule has 0 fully saturated rings. The minimum Gasteiger partial charge on any atom is -0.284 e. The van der Waals surface area contributed by atoms with E-state index in [0.29, 0.717) is 0 Å². The molecule has 1 rings (SSSR count). The van der Waals surface area contributed by atoms with Crippen LogP contribution in [0.1, 0.15) is 90.9 Å². The van der Waals surface area contributed by atoms with Gasteiger partial charge in [-0.05, 0) is 32.0 Å². The van der Waals surface area contributed by atoms with Crippen LogP contribution in [0.4, 0.5) is 0 Å². The fraction of sp³-hybridized carbons (Fsp3) is 0.850. The van der Waals surface area contributed by atoms with E-state index in [1.54, 1.807) is 0 Å². The van der Waals surface area contributed by atoms with Gasteiger partial charge in [0.1, 0.15) is 0 Å². The van der Waals surface area contributed by atoms with Crippen molar-refractivity contribution in [2.75, 3.05) is 13.1 Å². The smallest absolute Gasteiger partial charge is 0.0928 e. The van der Waals surface area contributed by atoms with Crippen LogP contribution in [0.2, 0.25) is 0 Å². The molecule has 0 spiro atoms. The predicted molar refractivity (Wildman–Crippen MR) is 101 cm³/mol. The number of aromatic nitrogens is 2. The Bertz CT molecular complexity index is 319. The molecule has 0 saturated carbocycles. The third-order valence-electron chi connectivity index (χ3n) is 4.56. The Labute approximate surface area is 144 Å². The molecule has 0 bridgehead atoms. The monoisotopic (exact) mass is 321 g/mol. The summed E-state index contributed by atoms with van der Waals surface area (Å²) in [5.41, 5.74) is 0. The van der Waals surface area contributed by atoms with Crippen molar-refractivity contribution in [2.45, 2.75) is 97.6 Å². The molecular weight excluding hydrogens is 282 g/mol. The van der Waals surface area contributed by atoms with E-state index in [1.165, 1.54) is 90.1 Å². The van der Waals surface area contributed by atoms with Crippen molar-refractivity contribution in [1.29, 1.82) is 0 Å². The minimum absolute atomic E-state index is 0.955. The van der Waals surface area contributed by atoms with Crippen molar-refractivity contribution in [3.63, 3.8) is 0 Å². The van der Waals surface area contributed by atoms with Crippen LogP contribution in [0, 0.1) is 0 Å². The highest BCUT2D eigenvalue weighted by atomic mass is 15.4. The number of nitrogens with zero attached hydrogens (tertiary/aromatic N) is 3. The minimum atomic E-state index is 0.955. The molecule has 0 saturated heterocycles. The average molecular weight is 322 g/mol. The van der Waals surface area contributed by atoms with Crippen molar-refractivity contribution in [3.05, 3.63) is 18.5 Å². The summed E-state index contributed by atoms with van der Waals surface area (Å²) in [4.78, 5) is 2.59. The molecule has 0 atom stereocenters. The third kappa shape index (κ3) is 11.4. The maximum atomic E-state index is 4.37. The van der Waals surface area contributed by atoms with E-state index >= 15 is 0 Å². The van der Waals surface area contributed by atoms with Crippen LogP contribution in [0.15, 0.2) is 18.5 Å². The number of hydrogen-bond acceptors (Lipinski definition) is 2. The molecule has 0 aliphatic heterocycles. The molecule has 0 radical (unpaired) electrons. The van der Waals surface area contributed by atoms with Crippen molar-refractivity contribution < 1.29 is 0 Å². The van der Waals surface area contributed by atoms with E-state index in [-0.39, 0.29) is 0 Å². The van der Waals surface area contributed by atoms with E-state index in [2.05, 4.69) is 34.7 Å². The molecule has 3 heteroatoms. The van der Waals surface area contributed by atoms with Crippen LogP contribution < -0.4 is 0 Å². The fourth-order valence-electron chi connectivity index (χ4n) is 3.07. The molecular formula is C20H39N3. The number of unbranched alkanes of at least 4 members (excludes halogenated alkanes) is 10. The maximum Gasteiger partial charge on any atom is 0.0928 e. The van der Waals surface area contributed by atoms with E-state index in [9.17, 15) is 0 Å². The first kappa shape index (κ1) is 20.2. The van der Waals surface area contributed by atoms with Gasteiger partial charge in [0.25, 0.3) is 0 Å². The van der Waals surface area contributed by atoms with Gasteiger partial charge in [0.05, 0.1) is 6.67 Å². The number of hydrogen-bond donors (Lipinski definition) is 0. The Kier molecular flexibility index (Phi) is 13.0. The topological polar surface area (TPSA) is 21.1 Å². The lowest BCUT2D eigenvalue weighted by Gasteiger charge is -2.22. The Balaban J connectivity index is 2.17. The largest absolute Gasteiger partial charge is 0.284 e. The second kappa shape index (κ2) is 14.7. The maximum absolute atomic E-state index is 4.37. The quantitative estimate of drug-likeness (QED) is 0.355. The van der Waals surface area contributed by atoms with Crippen LogP contribution in [0.3, 0.4) is 0 Å². The molecule has 1 aromatic heterocycles. The molecule has 1 heterocycles. The summed E-state index contributed by atoms with van der Waals surface area (Å²) in [5.74, 6) is 0. The Morgan fingerprint density at radius 3 is 1.74 bits per heavy atom. The van der Waals surface area contributed by atoms with E-state index in [1.807, 2.05) is 12.3 Å². The standard InChI is InChI=1S/C20H39N3/c1-3-5-7-9-11-13-17-22(20-23-19-15-16-21-23)18-14-12-10-8-6-4-2/h15-16,19H,3-14,17-18,20H2,1-2H3. The normalized spacial score (nSPS) is 11.4. The van der Waals surface area contributed by atoms with Gasteiger partial charge in [0.2, 0.25) is 0 Å². The Hall–Kier alpha value is -0.830. The highest BCUT2D eigenvalue weighted by molar-refractivity contribution is 4.77. The van der Waals surface area contributed by atoms with Gasteiger partial charge in [0, 0.05) is 12.4 Å². The molecule has 1 aromatic rings. The average Bonchev–Trinajstić information content (AvgIpc) is 3.06. The van der Waals surface area contributed by atoms with Crippen LogP contribution in [0.5, 0.6) is 0 Å². The van der Waals surface area contributed by atoms with Gasteiger partial charge in [-0.15, -0.1) is 0 Å². The van der Waals surface area contributed by atoms with Crippen molar-refractivity contribution in [2.24, 2.45) is 0 Å². The highest BCUT2D eigenvalue weighted by Gasteiger charge is 2.05. The van der Waals surface area contributed by atoms with Crippen LogP contribution in [-0.2, 0) is 6.67 Å². The van der Waals surface area contributed by atoms with Gasteiger partial charge in [-0.25, -0.2) is 0 Å². The fourth-order valence-corrected chi connectivity index (χ4v) is 3.07. The zero-order valence-electron chi connectivity index (χ0n) is 15.7. The summed E-state index contributed by atoms with van der Waals surface area (Å²) in [6, 6.07) is 2.02. The SMILES string of the molecule is CCCCCCCCN(CCCCCCCC)Cn1cccn1. The number of rotatable bonds is 16. The summed E-state index contributed by atoms with van der Waals surface area (Å²) in [6.45, 7) is 7.97. The second-order valence-electron chi connectivity index (χ2n) is 6.84. The van der Waals surface area contributed by atoms with Gasteiger partial charge in [0.15, 0.2) is 0 Å². The van der Waals surface area contributed by atoms with Crippen molar-refractivity contribution >= 4 is 0 Å². The van der Waals surface area contributed by atoms with Gasteiger partial charge in [-0.3, -0.25) is 9.58 Å². The first-order valence-corrected chi connectivity index (χ1v) is 10.1. The molecule has 3 nitrogen and oxygen atoms in total. The summed E-state index contributed by atoms with van der Waals surface area (Å²) < 4.78 is 2.06. The zero-order chi connectivity index (χ0) is 16.6. The highest BCUT2D eigenvalue weighted by Crippen LogP contribution is 2.09. The first-order valence-electron chi connectivity index (χ1n) is 10.1. The second-order valence-corrected chi connectivity index (χ2v) is 6.84. The lowest BCUT2D eigenvalue weighted by molar-refractivity contribution is 0.198. The van der Waals surface area contributed by atoms with Crippen LogP contribution in [-0.4, -0.2) is 27.8 Å². The van der Waals surface area contributed by atoms with E-state index in [0.717, 1.165) is 6.67 Å². The van der Waals surface area contributed by atoms with E-state index < -0.39 is 0 Å². The third-order valence-corrected chi connectivity index (χ3v) is 4.56. The Morgan fingerprint density at radius 1 is 0.739 bits per heavy atom. The molecule has 0 aliphatic rings. The molecule has 0 aromatic carbocycles. The van der Waals surface area contributed by atoms with Crippen molar-refractivity contribution in [3.8, 4) is 0 Å². The van der Waals surface area contributed by atoms with Gasteiger partial charge < -0.3 is 0 Å². The van der Waals surface area contributed by atoms with Gasteiger partial charge in [-0.1, -0.05) is 78.1 Å². The lowest BCUT2D eigenvalue weighted by Crippen LogP contribution is -2.29. The summed E-state index contributed by atoms with van der Waals surface area (Å²) in [7, 11) is 0.